The average Bonchev–Trinajstić information content (AvgIpc) is 2.36. The summed E-state index contributed by atoms with van der Waals surface area (Å²) >= 11 is 0. The van der Waals surface area contributed by atoms with Crippen LogP contribution >= 0.6 is 0 Å². The predicted molar refractivity (Wildman–Crippen MR) is 79.4 cm³/mol. The zero-order chi connectivity index (χ0) is 14.9. The van der Waals surface area contributed by atoms with Crippen LogP contribution in [0.3, 0.4) is 0 Å². The van der Waals surface area contributed by atoms with E-state index in [0.29, 0.717) is 19.0 Å². The lowest BCUT2D eigenvalue weighted by Gasteiger charge is -2.21. The van der Waals surface area contributed by atoms with Gasteiger partial charge in [0.1, 0.15) is 0 Å². The third kappa shape index (κ3) is 8.83. The normalized spacial score (nSPS) is 13.4. The largest absolute Gasteiger partial charge is 0.377 e. The monoisotopic (exact) mass is 293 g/mol. The third-order valence-electron chi connectivity index (χ3n) is 2.66. The van der Waals surface area contributed by atoms with Gasteiger partial charge in [-0.3, -0.25) is 4.99 Å². The first kappa shape index (κ1) is 18.2. The van der Waals surface area contributed by atoms with Gasteiger partial charge in [-0.2, -0.15) is 0 Å². The number of hydrogen-bond donors (Lipinski definition) is 2. The van der Waals surface area contributed by atoms with Crippen molar-refractivity contribution in [2.75, 3.05) is 38.2 Å². The Kier molecular flexibility index (Phi) is 8.01. The molecule has 0 aromatic heterocycles. The second-order valence-corrected chi connectivity index (χ2v) is 7.29. The molecule has 0 aromatic carbocycles. The van der Waals surface area contributed by atoms with Crippen LogP contribution in [0.25, 0.3) is 0 Å². The van der Waals surface area contributed by atoms with Crippen molar-refractivity contribution in [3.63, 3.8) is 0 Å². The van der Waals surface area contributed by atoms with Crippen LogP contribution in [0, 0.1) is 0 Å². The molecule has 0 atom stereocenters. The van der Waals surface area contributed by atoms with E-state index in [4.69, 9.17) is 4.74 Å². The number of nitrogens with zero attached hydrogens (tertiary/aromatic N) is 1. The highest BCUT2D eigenvalue weighted by atomic mass is 32.2. The first-order valence-corrected chi connectivity index (χ1v) is 8.36. The van der Waals surface area contributed by atoms with Gasteiger partial charge in [-0.25, -0.2) is 8.42 Å². The zero-order valence-corrected chi connectivity index (χ0v) is 13.4. The number of hydrogen-bond acceptors (Lipinski definition) is 4. The maximum atomic E-state index is 11.4. The van der Waals surface area contributed by atoms with Gasteiger partial charge in [0.25, 0.3) is 0 Å². The summed E-state index contributed by atoms with van der Waals surface area (Å²) in [5.74, 6) is 0.889. The third-order valence-corrected chi connectivity index (χ3v) is 4.37. The highest BCUT2D eigenvalue weighted by Gasteiger charge is 2.15. The van der Waals surface area contributed by atoms with E-state index in [1.165, 1.54) is 0 Å². The number of rotatable bonds is 8. The second-order valence-electron chi connectivity index (χ2n) is 4.82. The highest BCUT2D eigenvalue weighted by Crippen LogP contribution is 2.06. The molecule has 0 aromatic rings. The van der Waals surface area contributed by atoms with Crippen LogP contribution in [-0.2, 0) is 14.6 Å². The molecule has 0 amide bonds. The lowest BCUT2D eigenvalue weighted by atomic mass is 10.1. The minimum Gasteiger partial charge on any atom is -0.377 e. The van der Waals surface area contributed by atoms with Gasteiger partial charge in [0.2, 0.25) is 0 Å². The molecule has 0 aliphatic heterocycles. The van der Waals surface area contributed by atoms with E-state index in [0.717, 1.165) is 6.54 Å². The molecule has 0 spiro atoms. The Morgan fingerprint density at radius 1 is 1.26 bits per heavy atom. The van der Waals surface area contributed by atoms with Crippen molar-refractivity contribution in [2.24, 2.45) is 4.99 Å². The van der Waals surface area contributed by atoms with Gasteiger partial charge in [-0.1, -0.05) is 6.92 Å². The van der Waals surface area contributed by atoms with E-state index in [-0.39, 0.29) is 17.1 Å². The number of methoxy groups -OCH3 is 1. The lowest BCUT2D eigenvalue weighted by Crippen LogP contribution is -2.41. The summed E-state index contributed by atoms with van der Waals surface area (Å²) in [5, 5.41) is 6.08. The summed E-state index contributed by atoms with van der Waals surface area (Å²) in [5.41, 5.74) is -0.335. The molecule has 0 aliphatic carbocycles. The standard InChI is InChI=1S/C12H27N3O3S/c1-6-13-11(15-10-12(3,4)18-5)14-8-9-19(16,17)7-2/h6-10H2,1-5H3,(H2,13,14,15). The molecule has 0 saturated heterocycles. The van der Waals surface area contributed by atoms with Gasteiger partial charge in [0.05, 0.1) is 17.9 Å². The van der Waals surface area contributed by atoms with E-state index in [1.807, 2.05) is 20.8 Å². The summed E-state index contributed by atoms with van der Waals surface area (Å²) in [4.78, 5) is 4.38. The molecule has 0 rings (SSSR count). The topological polar surface area (TPSA) is 79.8 Å². The van der Waals surface area contributed by atoms with Gasteiger partial charge >= 0.3 is 0 Å². The van der Waals surface area contributed by atoms with Crippen LogP contribution in [0.4, 0.5) is 0 Å². The van der Waals surface area contributed by atoms with E-state index in [2.05, 4.69) is 15.6 Å². The molecule has 0 unspecified atom stereocenters. The molecule has 19 heavy (non-hydrogen) atoms. The molecule has 114 valence electrons. The van der Waals surface area contributed by atoms with Crippen LogP contribution in [-0.4, -0.2) is 58.2 Å². The van der Waals surface area contributed by atoms with Gasteiger partial charge < -0.3 is 15.4 Å². The predicted octanol–water partition coefficient (Wildman–Crippen LogP) is 0.401. The number of nitrogens with one attached hydrogen (secondary N) is 2. The molecule has 6 nitrogen and oxygen atoms in total. The number of ether oxygens (including phenoxy) is 1. The van der Waals surface area contributed by atoms with Crippen molar-refractivity contribution < 1.29 is 13.2 Å². The van der Waals surface area contributed by atoms with Gasteiger partial charge in [-0.05, 0) is 20.8 Å². The van der Waals surface area contributed by atoms with Gasteiger partial charge in [0.15, 0.2) is 15.8 Å². The van der Waals surface area contributed by atoms with Crippen molar-refractivity contribution >= 4 is 15.8 Å². The summed E-state index contributed by atoms with van der Waals surface area (Å²) in [6.07, 6.45) is 0. The number of guanidine groups is 1. The quantitative estimate of drug-likeness (QED) is 0.500. The fourth-order valence-corrected chi connectivity index (χ4v) is 1.85. The minimum absolute atomic E-state index is 0.113. The van der Waals surface area contributed by atoms with Crippen molar-refractivity contribution in [3.8, 4) is 0 Å². The summed E-state index contributed by atoms with van der Waals surface area (Å²) < 4.78 is 28.0. The fraction of sp³-hybridized carbons (Fsp3) is 0.917. The Bertz CT molecular complexity index is 378. The maximum Gasteiger partial charge on any atom is 0.191 e. The van der Waals surface area contributed by atoms with Gasteiger partial charge in [-0.15, -0.1) is 0 Å². The Hall–Kier alpha value is -0.820. The smallest absolute Gasteiger partial charge is 0.191 e. The van der Waals surface area contributed by atoms with Crippen LogP contribution in [0.5, 0.6) is 0 Å². The molecule has 0 bridgehead atoms. The number of sulfone groups is 1. The highest BCUT2D eigenvalue weighted by molar-refractivity contribution is 7.91. The molecular formula is C12H27N3O3S. The Morgan fingerprint density at radius 2 is 1.89 bits per heavy atom. The van der Waals surface area contributed by atoms with E-state index in [1.54, 1.807) is 14.0 Å². The fourth-order valence-electron chi connectivity index (χ4n) is 1.15. The van der Waals surface area contributed by atoms with E-state index >= 15 is 0 Å². The van der Waals surface area contributed by atoms with Crippen LogP contribution in [0.15, 0.2) is 4.99 Å². The van der Waals surface area contributed by atoms with E-state index < -0.39 is 9.84 Å². The number of aliphatic imine (C=N–C) groups is 1. The molecule has 0 fully saturated rings. The molecule has 0 heterocycles. The van der Waals surface area contributed by atoms with Crippen LogP contribution < -0.4 is 10.6 Å². The average molecular weight is 293 g/mol. The molecular weight excluding hydrogens is 266 g/mol. The van der Waals surface area contributed by atoms with Crippen molar-refractivity contribution in [3.05, 3.63) is 0 Å². The molecule has 0 aliphatic rings. The molecule has 7 heteroatoms. The molecule has 0 saturated carbocycles. The zero-order valence-electron chi connectivity index (χ0n) is 12.6. The minimum atomic E-state index is -2.95. The lowest BCUT2D eigenvalue weighted by molar-refractivity contribution is 0.0310. The Labute approximate surface area is 116 Å². The van der Waals surface area contributed by atoms with Crippen LogP contribution in [0.1, 0.15) is 27.7 Å². The van der Waals surface area contributed by atoms with E-state index in [9.17, 15) is 8.42 Å². The SMILES string of the molecule is CCNC(=NCC(C)(C)OC)NCCS(=O)(=O)CC. The maximum absolute atomic E-state index is 11.4. The summed E-state index contributed by atoms with van der Waals surface area (Å²) in [6.45, 7) is 9.08. The summed E-state index contributed by atoms with van der Waals surface area (Å²) in [7, 11) is -1.31. The Balaban J connectivity index is 4.38. The van der Waals surface area contributed by atoms with Crippen molar-refractivity contribution in [1.82, 2.24) is 10.6 Å². The molecule has 2 N–H and O–H groups in total. The second kappa shape index (κ2) is 8.37. The Morgan fingerprint density at radius 3 is 2.37 bits per heavy atom. The van der Waals surface area contributed by atoms with Crippen LogP contribution in [0.2, 0.25) is 0 Å². The van der Waals surface area contributed by atoms with Crippen molar-refractivity contribution in [1.29, 1.82) is 0 Å². The van der Waals surface area contributed by atoms with Gasteiger partial charge in [0, 0.05) is 26.0 Å². The first-order chi connectivity index (χ1) is 8.76. The summed E-state index contributed by atoms with van der Waals surface area (Å²) in [6, 6.07) is 0. The molecule has 0 radical (unpaired) electrons. The van der Waals surface area contributed by atoms with Crippen molar-refractivity contribution in [2.45, 2.75) is 33.3 Å². The first-order valence-electron chi connectivity index (χ1n) is 6.54.